The molecule has 1 aliphatic carbocycles. The molecule has 0 fully saturated rings. The molecule has 0 bridgehead atoms. The van der Waals surface area contributed by atoms with Gasteiger partial charge in [0.25, 0.3) is 0 Å². The van der Waals surface area contributed by atoms with E-state index in [9.17, 15) is 9.59 Å². The number of anilines is 1. The number of thiophene rings is 1. The van der Waals surface area contributed by atoms with E-state index in [1.165, 1.54) is 22.3 Å². The predicted octanol–water partition coefficient (Wildman–Crippen LogP) is 6.14. The smallest absolute Gasteiger partial charge is 0.341 e. The average Bonchev–Trinajstić information content (AvgIpc) is 3.15. The summed E-state index contributed by atoms with van der Waals surface area (Å²) in [6, 6.07) is 5.49. The quantitative estimate of drug-likeness (QED) is 0.359. The van der Waals surface area contributed by atoms with Crippen LogP contribution in [0.2, 0.25) is 0 Å². The van der Waals surface area contributed by atoms with Gasteiger partial charge in [0.05, 0.1) is 25.9 Å². The van der Waals surface area contributed by atoms with Crippen LogP contribution in [0.25, 0.3) is 6.08 Å². The average molecular weight is 486 g/mol. The van der Waals surface area contributed by atoms with Crippen LogP contribution in [-0.4, -0.2) is 32.2 Å². The lowest BCUT2D eigenvalue weighted by Gasteiger charge is -2.33. The topological polar surface area (TPSA) is 73.9 Å². The maximum Gasteiger partial charge on any atom is 0.341 e. The van der Waals surface area contributed by atoms with Gasteiger partial charge in [-0.2, -0.15) is 0 Å². The molecule has 1 aromatic heterocycles. The lowest BCUT2D eigenvalue weighted by Crippen LogP contribution is -2.26. The number of carbonyl (C=O) groups excluding carboxylic acids is 2. The normalized spacial score (nSPS) is 15.6. The summed E-state index contributed by atoms with van der Waals surface area (Å²) in [6.07, 6.45) is 5.92. The van der Waals surface area contributed by atoms with Crippen molar-refractivity contribution >= 4 is 34.3 Å². The molecule has 1 aromatic carbocycles. The molecule has 1 aliphatic rings. The molecule has 0 spiro atoms. The molecule has 184 valence electrons. The number of carbonyl (C=O) groups is 2. The Balaban J connectivity index is 1.82. The molecule has 1 unspecified atom stereocenters. The predicted molar refractivity (Wildman–Crippen MR) is 137 cm³/mol. The van der Waals surface area contributed by atoms with Crippen LogP contribution in [0.15, 0.2) is 24.3 Å². The summed E-state index contributed by atoms with van der Waals surface area (Å²) in [5.41, 5.74) is 2.54. The minimum Gasteiger partial charge on any atom is -0.493 e. The molecule has 1 atom stereocenters. The zero-order valence-electron chi connectivity index (χ0n) is 20.9. The van der Waals surface area contributed by atoms with Crippen LogP contribution in [0.3, 0.4) is 0 Å². The monoisotopic (exact) mass is 485 g/mol. The van der Waals surface area contributed by atoms with Crippen molar-refractivity contribution in [2.45, 2.75) is 53.9 Å². The van der Waals surface area contributed by atoms with E-state index < -0.39 is 0 Å². The molecule has 1 N–H and O–H groups in total. The molecule has 0 saturated carbocycles. The molecule has 3 rings (SSSR count). The van der Waals surface area contributed by atoms with E-state index >= 15 is 0 Å². The Morgan fingerprint density at radius 3 is 2.59 bits per heavy atom. The largest absolute Gasteiger partial charge is 0.493 e. The first kappa shape index (κ1) is 25.8. The Bertz CT molecular complexity index is 1060. The van der Waals surface area contributed by atoms with Crippen molar-refractivity contribution in [3.8, 4) is 11.5 Å². The van der Waals surface area contributed by atoms with Gasteiger partial charge in [-0.25, -0.2) is 4.79 Å². The molecule has 0 aliphatic heterocycles. The number of fused-ring (bicyclic) bond motifs is 1. The zero-order chi connectivity index (χ0) is 24.9. The Labute approximate surface area is 206 Å². The van der Waals surface area contributed by atoms with Crippen molar-refractivity contribution in [3.05, 3.63) is 45.8 Å². The van der Waals surface area contributed by atoms with Gasteiger partial charge in [-0.1, -0.05) is 26.8 Å². The molecule has 34 heavy (non-hydrogen) atoms. The number of esters is 1. The van der Waals surface area contributed by atoms with E-state index in [4.69, 9.17) is 14.2 Å². The van der Waals surface area contributed by atoms with Gasteiger partial charge in [-0.15, -0.1) is 11.3 Å². The van der Waals surface area contributed by atoms with E-state index in [0.29, 0.717) is 41.2 Å². The van der Waals surface area contributed by atoms with Crippen molar-refractivity contribution in [1.29, 1.82) is 0 Å². The third-order valence-corrected chi connectivity index (χ3v) is 7.29. The SMILES string of the molecule is CCOC(=O)c1c(NC(=O)C=Cc2ccc(OCC)c(OC)c2)sc2c1CCC(C(C)(C)C)C2. The third kappa shape index (κ3) is 6.00. The molecule has 1 heterocycles. The summed E-state index contributed by atoms with van der Waals surface area (Å²) in [5.74, 6) is 1.12. The number of amides is 1. The van der Waals surface area contributed by atoms with E-state index in [0.717, 1.165) is 30.4 Å². The standard InChI is InChI=1S/C27H35NO5S/c1-7-32-20-13-9-17(15-21(20)31-6)10-14-23(29)28-25-24(26(30)33-8-2)19-12-11-18(27(3,4)5)16-22(19)34-25/h9-10,13-15,18H,7-8,11-12,16H2,1-6H3,(H,28,29). The highest BCUT2D eigenvalue weighted by Crippen LogP contribution is 2.44. The molecule has 0 radical (unpaired) electrons. The summed E-state index contributed by atoms with van der Waals surface area (Å²) < 4.78 is 16.2. The first-order valence-corrected chi connectivity index (χ1v) is 12.6. The van der Waals surface area contributed by atoms with Gasteiger partial charge in [0, 0.05) is 11.0 Å². The fourth-order valence-corrected chi connectivity index (χ4v) is 5.54. The number of nitrogens with one attached hydrogen (secondary N) is 1. The van der Waals surface area contributed by atoms with Crippen molar-refractivity contribution in [1.82, 2.24) is 0 Å². The van der Waals surface area contributed by atoms with Crippen molar-refractivity contribution < 1.29 is 23.8 Å². The highest BCUT2D eigenvalue weighted by molar-refractivity contribution is 7.17. The van der Waals surface area contributed by atoms with Crippen molar-refractivity contribution in [2.75, 3.05) is 25.6 Å². The summed E-state index contributed by atoms with van der Waals surface area (Å²) in [7, 11) is 1.58. The second-order valence-corrected chi connectivity index (χ2v) is 10.5. The number of benzene rings is 1. The van der Waals surface area contributed by atoms with Gasteiger partial charge < -0.3 is 19.5 Å². The van der Waals surface area contributed by atoms with Crippen LogP contribution < -0.4 is 14.8 Å². The van der Waals surface area contributed by atoms with E-state index in [2.05, 4.69) is 26.1 Å². The molecule has 0 saturated heterocycles. The summed E-state index contributed by atoms with van der Waals surface area (Å²) in [6.45, 7) is 11.3. The Morgan fingerprint density at radius 1 is 1.18 bits per heavy atom. The number of hydrogen-bond acceptors (Lipinski definition) is 6. The van der Waals surface area contributed by atoms with Gasteiger partial charge in [-0.05, 0) is 73.8 Å². The van der Waals surface area contributed by atoms with Gasteiger partial charge >= 0.3 is 5.97 Å². The molecule has 6 nitrogen and oxygen atoms in total. The third-order valence-electron chi connectivity index (χ3n) is 6.12. The van der Waals surface area contributed by atoms with E-state index in [1.807, 2.05) is 25.1 Å². The van der Waals surface area contributed by atoms with Gasteiger partial charge in [-0.3, -0.25) is 4.79 Å². The fraction of sp³-hybridized carbons (Fsp3) is 0.481. The number of rotatable bonds is 8. The van der Waals surface area contributed by atoms with Crippen LogP contribution >= 0.6 is 11.3 Å². The van der Waals surface area contributed by atoms with Crippen molar-refractivity contribution in [3.63, 3.8) is 0 Å². The minimum atomic E-state index is -0.371. The van der Waals surface area contributed by atoms with Crippen LogP contribution in [0.4, 0.5) is 5.00 Å². The van der Waals surface area contributed by atoms with E-state index in [-0.39, 0.29) is 17.3 Å². The summed E-state index contributed by atoms with van der Waals surface area (Å²) in [5, 5.41) is 3.49. The van der Waals surface area contributed by atoms with Crippen LogP contribution in [-0.2, 0) is 22.4 Å². The first-order chi connectivity index (χ1) is 16.2. The molecular formula is C27H35NO5S. The summed E-state index contributed by atoms with van der Waals surface area (Å²) >= 11 is 1.50. The van der Waals surface area contributed by atoms with E-state index in [1.54, 1.807) is 20.1 Å². The first-order valence-electron chi connectivity index (χ1n) is 11.8. The van der Waals surface area contributed by atoms with Gasteiger partial charge in [0.2, 0.25) is 5.91 Å². The Kier molecular flexibility index (Phi) is 8.42. The minimum absolute atomic E-state index is 0.191. The van der Waals surface area contributed by atoms with Gasteiger partial charge in [0.15, 0.2) is 11.5 Å². The second-order valence-electron chi connectivity index (χ2n) is 9.40. The van der Waals surface area contributed by atoms with Crippen LogP contribution in [0.5, 0.6) is 11.5 Å². The lowest BCUT2D eigenvalue weighted by atomic mass is 9.72. The second kappa shape index (κ2) is 11.1. The van der Waals surface area contributed by atoms with Crippen LogP contribution in [0, 0.1) is 11.3 Å². The zero-order valence-corrected chi connectivity index (χ0v) is 21.8. The molecular weight excluding hydrogens is 450 g/mol. The lowest BCUT2D eigenvalue weighted by molar-refractivity contribution is -0.111. The number of methoxy groups -OCH3 is 1. The maximum atomic E-state index is 12.8. The molecule has 1 amide bonds. The highest BCUT2D eigenvalue weighted by Gasteiger charge is 2.34. The Hall–Kier alpha value is -2.80. The number of ether oxygens (including phenoxy) is 3. The van der Waals surface area contributed by atoms with Crippen molar-refractivity contribution in [2.24, 2.45) is 11.3 Å². The maximum absolute atomic E-state index is 12.8. The molecule has 7 heteroatoms. The summed E-state index contributed by atoms with van der Waals surface area (Å²) in [4.78, 5) is 26.7. The Morgan fingerprint density at radius 2 is 1.94 bits per heavy atom. The molecule has 2 aromatic rings. The van der Waals surface area contributed by atoms with Crippen LogP contribution in [0.1, 0.15) is 67.4 Å². The number of hydrogen-bond donors (Lipinski definition) is 1. The van der Waals surface area contributed by atoms with Gasteiger partial charge in [0.1, 0.15) is 5.00 Å². The fourth-order valence-electron chi connectivity index (χ4n) is 4.22. The highest BCUT2D eigenvalue weighted by atomic mass is 32.1.